The van der Waals surface area contributed by atoms with E-state index in [1.165, 1.54) is 6.20 Å². The van der Waals surface area contributed by atoms with E-state index < -0.39 is 5.97 Å². The predicted octanol–water partition coefficient (Wildman–Crippen LogP) is 1.65. The lowest BCUT2D eigenvalue weighted by atomic mass is 10.2. The minimum atomic E-state index is -0.923. The molecule has 0 aliphatic carbocycles. The van der Waals surface area contributed by atoms with Crippen molar-refractivity contribution in [3.05, 3.63) is 24.0 Å². The standard InChI is InChI=1S/C12H16N2O3S/c1-8(7-18-2)12(17)14-10-4-3-9(13-6-10)5-11(15)16/h3-4,6,8H,5,7H2,1-2H3,(H,14,17)(H,15,16). The van der Waals surface area contributed by atoms with Gasteiger partial charge >= 0.3 is 5.97 Å². The number of carbonyl (C=O) groups excluding carboxylic acids is 1. The fourth-order valence-corrected chi connectivity index (χ4v) is 2.00. The first-order valence-electron chi connectivity index (χ1n) is 5.49. The Morgan fingerprint density at radius 2 is 2.22 bits per heavy atom. The zero-order valence-corrected chi connectivity index (χ0v) is 11.2. The molecule has 0 aromatic carbocycles. The molecule has 1 aromatic heterocycles. The van der Waals surface area contributed by atoms with Crippen molar-refractivity contribution in [2.45, 2.75) is 13.3 Å². The molecule has 1 amide bonds. The van der Waals surface area contributed by atoms with Gasteiger partial charge in [-0.1, -0.05) is 6.92 Å². The van der Waals surface area contributed by atoms with E-state index in [-0.39, 0.29) is 18.2 Å². The van der Waals surface area contributed by atoms with Crippen LogP contribution in [-0.4, -0.2) is 34.0 Å². The highest BCUT2D eigenvalue weighted by molar-refractivity contribution is 7.98. The van der Waals surface area contributed by atoms with Crippen LogP contribution in [0.2, 0.25) is 0 Å². The van der Waals surface area contributed by atoms with Gasteiger partial charge in [0, 0.05) is 11.7 Å². The maximum Gasteiger partial charge on any atom is 0.309 e. The van der Waals surface area contributed by atoms with Gasteiger partial charge in [-0.2, -0.15) is 11.8 Å². The number of aromatic nitrogens is 1. The molecule has 0 bridgehead atoms. The molecule has 6 heteroatoms. The van der Waals surface area contributed by atoms with Crippen LogP contribution in [0.5, 0.6) is 0 Å². The normalized spacial score (nSPS) is 11.9. The van der Waals surface area contributed by atoms with E-state index in [2.05, 4.69) is 10.3 Å². The molecule has 0 saturated carbocycles. The summed E-state index contributed by atoms with van der Waals surface area (Å²) in [7, 11) is 0. The maximum atomic E-state index is 11.7. The van der Waals surface area contributed by atoms with Gasteiger partial charge < -0.3 is 10.4 Å². The van der Waals surface area contributed by atoms with E-state index in [4.69, 9.17) is 5.11 Å². The van der Waals surface area contributed by atoms with Crippen LogP contribution in [0.15, 0.2) is 18.3 Å². The number of pyridine rings is 1. The largest absolute Gasteiger partial charge is 0.481 e. The Kier molecular flexibility index (Phi) is 5.64. The van der Waals surface area contributed by atoms with Crippen LogP contribution in [0.4, 0.5) is 5.69 Å². The van der Waals surface area contributed by atoms with Crippen molar-refractivity contribution < 1.29 is 14.7 Å². The number of hydrogen-bond donors (Lipinski definition) is 2. The first-order valence-corrected chi connectivity index (χ1v) is 6.89. The first-order chi connectivity index (χ1) is 8.52. The highest BCUT2D eigenvalue weighted by Gasteiger charge is 2.12. The molecule has 18 heavy (non-hydrogen) atoms. The quantitative estimate of drug-likeness (QED) is 0.820. The average Bonchev–Trinajstić information content (AvgIpc) is 2.31. The van der Waals surface area contributed by atoms with Gasteiger partial charge in [0.25, 0.3) is 0 Å². The van der Waals surface area contributed by atoms with E-state index in [0.29, 0.717) is 11.4 Å². The molecule has 0 saturated heterocycles. The fraction of sp³-hybridized carbons (Fsp3) is 0.417. The molecule has 1 rings (SSSR count). The van der Waals surface area contributed by atoms with E-state index in [1.54, 1.807) is 23.9 Å². The second-order valence-corrected chi connectivity index (χ2v) is 4.87. The molecule has 0 fully saturated rings. The Bertz CT molecular complexity index is 420. The Hall–Kier alpha value is -1.56. The summed E-state index contributed by atoms with van der Waals surface area (Å²) in [6, 6.07) is 3.26. The topological polar surface area (TPSA) is 79.3 Å². The van der Waals surface area contributed by atoms with Crippen LogP contribution in [0.25, 0.3) is 0 Å². The van der Waals surface area contributed by atoms with Crippen molar-refractivity contribution in [1.29, 1.82) is 0 Å². The van der Waals surface area contributed by atoms with Crippen molar-refractivity contribution in [2.75, 3.05) is 17.3 Å². The first kappa shape index (κ1) is 14.5. The molecule has 1 aromatic rings. The van der Waals surface area contributed by atoms with E-state index in [9.17, 15) is 9.59 Å². The van der Waals surface area contributed by atoms with E-state index >= 15 is 0 Å². The Labute approximate surface area is 110 Å². The minimum Gasteiger partial charge on any atom is -0.481 e. The number of nitrogens with one attached hydrogen (secondary N) is 1. The summed E-state index contributed by atoms with van der Waals surface area (Å²) in [6.07, 6.45) is 3.31. The average molecular weight is 268 g/mol. The molecule has 0 radical (unpaired) electrons. The summed E-state index contributed by atoms with van der Waals surface area (Å²) in [6.45, 7) is 1.86. The molecule has 1 atom stereocenters. The summed E-state index contributed by atoms with van der Waals surface area (Å²) < 4.78 is 0. The third kappa shape index (κ3) is 4.75. The van der Waals surface area contributed by atoms with Crippen molar-refractivity contribution >= 4 is 29.3 Å². The van der Waals surface area contributed by atoms with Crippen molar-refractivity contribution in [1.82, 2.24) is 4.98 Å². The van der Waals surface area contributed by atoms with Gasteiger partial charge in [0.2, 0.25) is 5.91 Å². The van der Waals surface area contributed by atoms with Crippen molar-refractivity contribution in [3.63, 3.8) is 0 Å². The van der Waals surface area contributed by atoms with Gasteiger partial charge in [-0.15, -0.1) is 0 Å². The van der Waals surface area contributed by atoms with Crippen molar-refractivity contribution in [2.24, 2.45) is 5.92 Å². The Morgan fingerprint density at radius 3 is 2.72 bits per heavy atom. The van der Waals surface area contributed by atoms with Crippen LogP contribution in [0.1, 0.15) is 12.6 Å². The number of aliphatic carboxylic acids is 1. The summed E-state index contributed by atoms with van der Waals surface area (Å²) in [5, 5.41) is 11.3. The number of thioether (sulfide) groups is 1. The lowest BCUT2D eigenvalue weighted by Gasteiger charge is -2.10. The number of anilines is 1. The summed E-state index contributed by atoms with van der Waals surface area (Å²) >= 11 is 1.62. The van der Waals surface area contributed by atoms with Crippen LogP contribution in [-0.2, 0) is 16.0 Å². The van der Waals surface area contributed by atoms with Crippen LogP contribution in [0, 0.1) is 5.92 Å². The minimum absolute atomic E-state index is 0.0582. The molecule has 0 aliphatic heterocycles. The lowest BCUT2D eigenvalue weighted by molar-refractivity contribution is -0.136. The molecule has 0 spiro atoms. The monoisotopic (exact) mass is 268 g/mol. The SMILES string of the molecule is CSCC(C)C(=O)Nc1ccc(CC(=O)O)nc1. The van der Waals surface area contributed by atoms with Gasteiger partial charge in [-0.05, 0) is 18.4 Å². The van der Waals surface area contributed by atoms with Crippen LogP contribution in [0.3, 0.4) is 0 Å². The summed E-state index contributed by atoms with van der Waals surface area (Å²) in [4.78, 5) is 26.2. The number of nitrogens with zero attached hydrogens (tertiary/aromatic N) is 1. The number of carboxylic acid groups (broad SMARTS) is 1. The summed E-state index contributed by atoms with van der Waals surface area (Å²) in [5.74, 6) is -0.292. The second kappa shape index (κ2) is 7.00. The smallest absolute Gasteiger partial charge is 0.309 e. The third-order valence-electron chi connectivity index (χ3n) is 2.29. The molecular formula is C12H16N2O3S. The molecule has 1 heterocycles. The number of hydrogen-bond acceptors (Lipinski definition) is 4. The number of amides is 1. The molecular weight excluding hydrogens is 252 g/mol. The molecule has 0 aliphatic rings. The van der Waals surface area contributed by atoms with Gasteiger partial charge in [0.15, 0.2) is 0 Å². The van der Waals surface area contributed by atoms with Crippen molar-refractivity contribution in [3.8, 4) is 0 Å². The van der Waals surface area contributed by atoms with Gasteiger partial charge in [0.05, 0.1) is 24.0 Å². The number of carbonyl (C=O) groups is 2. The van der Waals surface area contributed by atoms with Gasteiger partial charge in [0.1, 0.15) is 0 Å². The third-order valence-corrected chi connectivity index (χ3v) is 3.12. The highest BCUT2D eigenvalue weighted by atomic mass is 32.2. The highest BCUT2D eigenvalue weighted by Crippen LogP contribution is 2.11. The zero-order chi connectivity index (χ0) is 13.5. The lowest BCUT2D eigenvalue weighted by Crippen LogP contribution is -2.22. The second-order valence-electron chi connectivity index (χ2n) is 3.95. The summed E-state index contributed by atoms with van der Waals surface area (Å²) in [5.41, 5.74) is 1.06. The van der Waals surface area contributed by atoms with Crippen LogP contribution >= 0.6 is 11.8 Å². The van der Waals surface area contributed by atoms with Gasteiger partial charge in [-0.25, -0.2) is 0 Å². The zero-order valence-electron chi connectivity index (χ0n) is 10.3. The maximum absolute atomic E-state index is 11.7. The molecule has 2 N–H and O–H groups in total. The number of rotatable bonds is 6. The molecule has 98 valence electrons. The Balaban J connectivity index is 2.58. The predicted molar refractivity (Wildman–Crippen MR) is 71.8 cm³/mol. The molecule has 5 nitrogen and oxygen atoms in total. The Morgan fingerprint density at radius 1 is 1.50 bits per heavy atom. The molecule has 1 unspecified atom stereocenters. The van der Waals surface area contributed by atoms with Crippen LogP contribution < -0.4 is 5.32 Å². The van der Waals surface area contributed by atoms with E-state index in [1.807, 2.05) is 13.2 Å². The fourth-order valence-electron chi connectivity index (χ4n) is 1.35. The van der Waals surface area contributed by atoms with E-state index in [0.717, 1.165) is 5.75 Å². The van der Waals surface area contributed by atoms with Gasteiger partial charge in [-0.3, -0.25) is 14.6 Å². The number of carboxylic acids is 1.